The Morgan fingerprint density at radius 1 is 0.640 bits per heavy atom. The molecule has 8 heteroatoms. The molecule has 2 fully saturated rings. The van der Waals surface area contributed by atoms with Crippen LogP contribution in [0.2, 0.25) is 0 Å². The molecule has 1 aromatic heterocycles. The molecule has 0 unspecified atom stereocenters. The van der Waals surface area contributed by atoms with Gasteiger partial charge in [0.15, 0.2) is 0 Å². The fraction of sp³-hybridized carbons (Fsp3) is 0.824. The molecule has 3 rings (SSSR count). The van der Waals surface area contributed by atoms with Crippen molar-refractivity contribution in [1.29, 1.82) is 0 Å². The van der Waals surface area contributed by atoms with Crippen LogP contribution in [0.5, 0.6) is 0 Å². The van der Waals surface area contributed by atoms with E-state index in [0.717, 1.165) is 64.3 Å². The highest BCUT2D eigenvalue weighted by Crippen LogP contribution is 2.19. The second kappa shape index (κ2) is 7.70. The summed E-state index contributed by atoms with van der Waals surface area (Å²) in [5, 5.41) is 0. The first-order chi connectivity index (χ1) is 11.9. The van der Waals surface area contributed by atoms with Crippen molar-refractivity contribution in [3.8, 4) is 0 Å². The van der Waals surface area contributed by atoms with E-state index in [1.165, 1.54) is 0 Å². The minimum atomic E-state index is 0.317. The van der Waals surface area contributed by atoms with E-state index in [1.807, 2.05) is 0 Å². The van der Waals surface area contributed by atoms with Crippen molar-refractivity contribution in [1.82, 2.24) is 24.8 Å². The molecular weight excluding hydrogens is 316 g/mol. The molecule has 0 radical (unpaired) electrons. The Kier molecular flexibility index (Phi) is 5.58. The number of nitrogens with zero attached hydrogens (tertiary/aromatic N) is 7. The molecule has 2 N–H and O–H groups in total. The summed E-state index contributed by atoms with van der Waals surface area (Å²) in [5.74, 6) is 1.76. The van der Waals surface area contributed by atoms with Crippen molar-refractivity contribution in [2.75, 3.05) is 67.9 Å². The summed E-state index contributed by atoms with van der Waals surface area (Å²) in [6.45, 7) is 16.8. The predicted octanol–water partition coefficient (Wildman–Crippen LogP) is 0.515. The molecule has 2 saturated heterocycles. The Hall–Kier alpha value is -1.67. The zero-order valence-corrected chi connectivity index (χ0v) is 16.0. The third kappa shape index (κ3) is 4.30. The average molecular weight is 348 g/mol. The summed E-state index contributed by atoms with van der Waals surface area (Å²) < 4.78 is 0. The maximum Gasteiger partial charge on any atom is 0.232 e. The maximum absolute atomic E-state index is 5.99. The first-order valence-corrected chi connectivity index (χ1v) is 9.43. The van der Waals surface area contributed by atoms with Crippen LogP contribution in [0.15, 0.2) is 0 Å². The zero-order chi connectivity index (χ0) is 18.0. The van der Waals surface area contributed by atoms with Gasteiger partial charge in [-0.3, -0.25) is 9.80 Å². The van der Waals surface area contributed by atoms with Crippen molar-refractivity contribution in [2.45, 2.75) is 39.8 Å². The second-order valence-corrected chi connectivity index (χ2v) is 7.53. The van der Waals surface area contributed by atoms with Crippen molar-refractivity contribution < 1.29 is 0 Å². The molecule has 0 saturated carbocycles. The lowest BCUT2D eigenvalue weighted by Crippen LogP contribution is -2.50. The molecular formula is C17H32N8. The van der Waals surface area contributed by atoms with Gasteiger partial charge in [0.1, 0.15) is 0 Å². The minimum absolute atomic E-state index is 0.317. The Morgan fingerprint density at radius 2 is 1.00 bits per heavy atom. The number of anilines is 3. The van der Waals surface area contributed by atoms with Crippen LogP contribution in [-0.2, 0) is 0 Å². The number of nitrogen functional groups attached to an aromatic ring is 1. The lowest BCUT2D eigenvalue weighted by atomic mass is 10.2. The highest BCUT2D eigenvalue weighted by Gasteiger charge is 2.24. The summed E-state index contributed by atoms with van der Waals surface area (Å²) >= 11 is 0. The number of hydrogen-bond acceptors (Lipinski definition) is 8. The van der Waals surface area contributed by atoms with E-state index in [2.05, 4.69) is 57.3 Å². The van der Waals surface area contributed by atoms with Gasteiger partial charge in [0.2, 0.25) is 17.8 Å². The topological polar surface area (TPSA) is 77.7 Å². The van der Waals surface area contributed by atoms with Crippen LogP contribution in [0, 0.1) is 0 Å². The van der Waals surface area contributed by atoms with Crippen molar-refractivity contribution in [2.24, 2.45) is 0 Å². The van der Waals surface area contributed by atoms with E-state index in [1.54, 1.807) is 0 Å². The van der Waals surface area contributed by atoms with Gasteiger partial charge in [0.25, 0.3) is 0 Å². The number of piperazine rings is 2. The smallest absolute Gasteiger partial charge is 0.232 e. The Morgan fingerprint density at radius 3 is 1.32 bits per heavy atom. The normalized spacial score (nSPS) is 20.7. The van der Waals surface area contributed by atoms with Gasteiger partial charge in [-0.2, -0.15) is 15.0 Å². The second-order valence-electron chi connectivity index (χ2n) is 7.53. The number of hydrogen-bond donors (Lipinski definition) is 1. The van der Waals surface area contributed by atoms with E-state index in [4.69, 9.17) is 10.7 Å². The molecule has 0 aromatic carbocycles. The summed E-state index contributed by atoms with van der Waals surface area (Å²) in [6, 6.07) is 1.16. The maximum atomic E-state index is 5.99. The molecule has 0 bridgehead atoms. The van der Waals surface area contributed by atoms with Gasteiger partial charge in [-0.1, -0.05) is 0 Å². The molecule has 1 aromatic rings. The van der Waals surface area contributed by atoms with Gasteiger partial charge in [-0.15, -0.1) is 0 Å². The lowest BCUT2D eigenvalue weighted by Gasteiger charge is -2.38. The van der Waals surface area contributed by atoms with E-state index in [0.29, 0.717) is 18.0 Å². The molecule has 0 spiro atoms. The zero-order valence-electron chi connectivity index (χ0n) is 16.0. The third-order valence-electron chi connectivity index (χ3n) is 5.28. The van der Waals surface area contributed by atoms with Crippen LogP contribution in [0.25, 0.3) is 0 Å². The first-order valence-electron chi connectivity index (χ1n) is 9.43. The number of nitrogens with two attached hydrogens (primary N) is 1. The Labute approximate surface area is 151 Å². The molecule has 3 heterocycles. The number of rotatable bonds is 4. The van der Waals surface area contributed by atoms with Crippen LogP contribution in [0.1, 0.15) is 27.7 Å². The summed E-state index contributed by atoms with van der Waals surface area (Å²) in [5.41, 5.74) is 5.99. The summed E-state index contributed by atoms with van der Waals surface area (Å²) in [6.07, 6.45) is 0. The lowest BCUT2D eigenvalue weighted by molar-refractivity contribution is 0.207. The Bertz CT molecular complexity index is 514. The fourth-order valence-electron chi connectivity index (χ4n) is 3.53. The molecule has 0 atom stereocenters. The number of aromatic nitrogens is 3. The molecule has 0 amide bonds. The quantitative estimate of drug-likeness (QED) is 0.844. The van der Waals surface area contributed by atoms with Crippen molar-refractivity contribution >= 4 is 17.8 Å². The van der Waals surface area contributed by atoms with Gasteiger partial charge < -0.3 is 15.5 Å². The largest absolute Gasteiger partial charge is 0.368 e. The standard InChI is InChI=1S/C17H32N8/c1-13(2)22-5-9-24(10-6-22)16-19-15(18)20-17(21-16)25-11-7-23(8-12-25)14(3)4/h13-14H,5-12H2,1-4H3,(H2,18,19,20,21). The van der Waals surface area contributed by atoms with Gasteiger partial charge in [0.05, 0.1) is 0 Å². The van der Waals surface area contributed by atoms with Crippen molar-refractivity contribution in [3.05, 3.63) is 0 Å². The highest BCUT2D eigenvalue weighted by atomic mass is 15.4. The van der Waals surface area contributed by atoms with E-state index in [-0.39, 0.29) is 0 Å². The van der Waals surface area contributed by atoms with E-state index >= 15 is 0 Å². The monoisotopic (exact) mass is 348 g/mol. The summed E-state index contributed by atoms with van der Waals surface area (Å²) in [4.78, 5) is 22.9. The van der Waals surface area contributed by atoms with Crippen molar-refractivity contribution in [3.63, 3.8) is 0 Å². The van der Waals surface area contributed by atoms with Crippen LogP contribution in [0.4, 0.5) is 17.8 Å². The molecule has 8 nitrogen and oxygen atoms in total. The van der Waals surface area contributed by atoms with Crippen LogP contribution in [0.3, 0.4) is 0 Å². The van der Waals surface area contributed by atoms with E-state index in [9.17, 15) is 0 Å². The average Bonchev–Trinajstić information content (AvgIpc) is 2.61. The third-order valence-corrected chi connectivity index (χ3v) is 5.28. The van der Waals surface area contributed by atoms with Gasteiger partial charge in [-0.25, -0.2) is 0 Å². The SMILES string of the molecule is CC(C)N1CCN(c2nc(N)nc(N3CCN(C(C)C)CC3)n2)CC1. The summed E-state index contributed by atoms with van der Waals surface area (Å²) in [7, 11) is 0. The molecule has 25 heavy (non-hydrogen) atoms. The Balaban J connectivity index is 1.67. The molecule has 140 valence electrons. The fourth-order valence-corrected chi connectivity index (χ4v) is 3.53. The van der Waals surface area contributed by atoms with Gasteiger partial charge >= 0.3 is 0 Å². The van der Waals surface area contributed by atoms with Gasteiger partial charge in [0, 0.05) is 64.4 Å². The van der Waals surface area contributed by atoms with Crippen LogP contribution in [-0.4, -0.2) is 89.2 Å². The minimum Gasteiger partial charge on any atom is -0.368 e. The molecule has 0 aliphatic carbocycles. The predicted molar refractivity (Wildman–Crippen MR) is 102 cm³/mol. The van der Waals surface area contributed by atoms with Crippen LogP contribution >= 0.6 is 0 Å². The molecule has 2 aliphatic heterocycles. The van der Waals surface area contributed by atoms with Gasteiger partial charge in [-0.05, 0) is 27.7 Å². The molecule has 2 aliphatic rings. The highest BCUT2D eigenvalue weighted by molar-refractivity contribution is 5.44. The van der Waals surface area contributed by atoms with E-state index < -0.39 is 0 Å². The first kappa shape index (κ1) is 18.1. The van der Waals surface area contributed by atoms with Crippen LogP contribution < -0.4 is 15.5 Å².